The van der Waals surface area contributed by atoms with Crippen LogP contribution in [0.4, 0.5) is 0 Å². The number of carbonyl (C=O) groups excluding carboxylic acids is 1. The van der Waals surface area contributed by atoms with Crippen molar-refractivity contribution in [1.82, 2.24) is 0 Å². The topological polar surface area (TPSA) is 60.4 Å². The Kier molecular flexibility index (Phi) is 5.11. The molecule has 4 nitrogen and oxygen atoms in total. The maximum absolute atomic E-state index is 12.4. The fourth-order valence-electron chi connectivity index (χ4n) is 2.07. The Labute approximate surface area is 129 Å². The SMILES string of the molecule is CCOC(=O)C1=C(CS(=O)(=O)c2ccc(C)cc2)CSC1. The van der Waals surface area contributed by atoms with Crippen molar-refractivity contribution >= 4 is 27.6 Å². The van der Waals surface area contributed by atoms with Gasteiger partial charge in [-0.3, -0.25) is 0 Å². The molecule has 1 heterocycles. The van der Waals surface area contributed by atoms with E-state index in [1.165, 1.54) is 0 Å². The van der Waals surface area contributed by atoms with Crippen molar-refractivity contribution in [2.24, 2.45) is 0 Å². The molecule has 1 aliphatic rings. The second kappa shape index (κ2) is 6.66. The molecular weight excluding hydrogens is 308 g/mol. The van der Waals surface area contributed by atoms with Gasteiger partial charge >= 0.3 is 5.97 Å². The Hall–Kier alpha value is -1.27. The monoisotopic (exact) mass is 326 g/mol. The zero-order valence-corrected chi connectivity index (χ0v) is 13.7. The zero-order chi connectivity index (χ0) is 15.5. The standard InChI is InChI=1S/C15H18O4S2/c1-3-19-15(16)14-9-20-8-12(14)10-21(17,18)13-6-4-11(2)5-7-13/h4-7H,3,8-10H2,1-2H3. The van der Waals surface area contributed by atoms with E-state index in [4.69, 9.17) is 4.74 Å². The molecule has 0 radical (unpaired) electrons. The van der Waals surface area contributed by atoms with Crippen LogP contribution in [-0.4, -0.2) is 38.3 Å². The van der Waals surface area contributed by atoms with Gasteiger partial charge in [-0.05, 0) is 31.6 Å². The summed E-state index contributed by atoms with van der Waals surface area (Å²) >= 11 is 1.54. The molecule has 21 heavy (non-hydrogen) atoms. The highest BCUT2D eigenvalue weighted by Gasteiger charge is 2.27. The van der Waals surface area contributed by atoms with Gasteiger partial charge in [0, 0.05) is 17.1 Å². The van der Waals surface area contributed by atoms with Gasteiger partial charge in [0.1, 0.15) is 0 Å². The van der Waals surface area contributed by atoms with Crippen LogP contribution in [0, 0.1) is 6.92 Å². The summed E-state index contributed by atoms with van der Waals surface area (Å²) in [4.78, 5) is 12.1. The Morgan fingerprint density at radius 1 is 1.24 bits per heavy atom. The van der Waals surface area contributed by atoms with E-state index in [1.807, 2.05) is 6.92 Å². The number of ether oxygens (including phenoxy) is 1. The lowest BCUT2D eigenvalue weighted by molar-refractivity contribution is -0.138. The van der Waals surface area contributed by atoms with E-state index >= 15 is 0 Å². The fourth-order valence-corrected chi connectivity index (χ4v) is 4.81. The van der Waals surface area contributed by atoms with Crippen LogP contribution in [0.2, 0.25) is 0 Å². The Balaban J connectivity index is 2.25. The number of aryl methyl sites for hydroxylation is 1. The molecule has 1 aromatic rings. The van der Waals surface area contributed by atoms with Gasteiger partial charge in [-0.25, -0.2) is 13.2 Å². The van der Waals surface area contributed by atoms with Gasteiger partial charge in [-0.15, -0.1) is 0 Å². The number of rotatable bonds is 5. The fraction of sp³-hybridized carbons (Fsp3) is 0.400. The van der Waals surface area contributed by atoms with Crippen LogP contribution in [-0.2, 0) is 19.4 Å². The molecule has 1 aromatic carbocycles. The summed E-state index contributed by atoms with van der Waals surface area (Å²) in [5.74, 6) is 0.588. The van der Waals surface area contributed by atoms with Crippen molar-refractivity contribution in [1.29, 1.82) is 0 Å². The van der Waals surface area contributed by atoms with Crippen molar-refractivity contribution < 1.29 is 17.9 Å². The number of carbonyl (C=O) groups is 1. The van der Waals surface area contributed by atoms with Crippen LogP contribution < -0.4 is 0 Å². The number of thioether (sulfide) groups is 1. The average molecular weight is 326 g/mol. The summed E-state index contributed by atoms with van der Waals surface area (Å²) < 4.78 is 29.8. The van der Waals surface area contributed by atoms with E-state index < -0.39 is 15.8 Å². The lowest BCUT2D eigenvalue weighted by atomic mass is 10.2. The normalized spacial score (nSPS) is 15.3. The second-order valence-corrected chi connectivity index (χ2v) is 7.84. The Morgan fingerprint density at radius 2 is 1.90 bits per heavy atom. The average Bonchev–Trinajstić information content (AvgIpc) is 2.87. The summed E-state index contributed by atoms with van der Waals surface area (Å²) in [5.41, 5.74) is 2.19. The molecule has 0 spiro atoms. The van der Waals surface area contributed by atoms with Crippen molar-refractivity contribution in [2.75, 3.05) is 23.9 Å². The first kappa shape index (κ1) is 16.1. The van der Waals surface area contributed by atoms with Gasteiger partial charge in [-0.2, -0.15) is 11.8 Å². The van der Waals surface area contributed by atoms with E-state index in [1.54, 1.807) is 43.0 Å². The lowest BCUT2D eigenvalue weighted by Gasteiger charge is -2.08. The van der Waals surface area contributed by atoms with Crippen molar-refractivity contribution in [3.63, 3.8) is 0 Å². The molecule has 114 valence electrons. The maximum atomic E-state index is 12.4. The van der Waals surface area contributed by atoms with Gasteiger partial charge in [-0.1, -0.05) is 17.7 Å². The van der Waals surface area contributed by atoms with Crippen LogP contribution in [0.15, 0.2) is 40.3 Å². The van der Waals surface area contributed by atoms with Crippen molar-refractivity contribution in [2.45, 2.75) is 18.7 Å². The largest absolute Gasteiger partial charge is 0.463 e. The highest BCUT2D eigenvalue weighted by molar-refractivity contribution is 8.00. The summed E-state index contributed by atoms with van der Waals surface area (Å²) in [6.45, 7) is 3.94. The molecule has 0 saturated heterocycles. The second-order valence-electron chi connectivity index (χ2n) is 4.87. The third kappa shape index (κ3) is 3.89. The highest BCUT2D eigenvalue weighted by Crippen LogP contribution is 2.28. The van der Waals surface area contributed by atoms with Crippen molar-refractivity contribution in [3.05, 3.63) is 41.0 Å². The number of hydrogen-bond donors (Lipinski definition) is 0. The molecule has 0 amide bonds. The van der Waals surface area contributed by atoms with E-state index in [-0.39, 0.29) is 5.75 Å². The number of hydrogen-bond acceptors (Lipinski definition) is 5. The number of benzene rings is 1. The van der Waals surface area contributed by atoms with E-state index in [0.717, 1.165) is 5.56 Å². The van der Waals surface area contributed by atoms with Gasteiger partial charge in [0.25, 0.3) is 0 Å². The molecule has 0 aliphatic carbocycles. The van der Waals surface area contributed by atoms with Gasteiger partial charge in [0.05, 0.1) is 17.3 Å². The van der Waals surface area contributed by atoms with Crippen LogP contribution in [0.1, 0.15) is 12.5 Å². The first-order valence-corrected chi connectivity index (χ1v) is 9.50. The smallest absolute Gasteiger partial charge is 0.334 e. The minimum absolute atomic E-state index is 0.114. The van der Waals surface area contributed by atoms with E-state index in [9.17, 15) is 13.2 Å². The summed E-state index contributed by atoms with van der Waals surface area (Å²) in [7, 11) is -3.42. The molecule has 0 fully saturated rings. The lowest BCUT2D eigenvalue weighted by Crippen LogP contribution is -2.15. The molecule has 0 atom stereocenters. The molecule has 0 bridgehead atoms. The van der Waals surface area contributed by atoms with Crippen molar-refractivity contribution in [3.8, 4) is 0 Å². The minimum atomic E-state index is -3.42. The highest BCUT2D eigenvalue weighted by atomic mass is 32.2. The third-order valence-electron chi connectivity index (χ3n) is 3.22. The molecule has 2 rings (SSSR count). The Morgan fingerprint density at radius 3 is 2.52 bits per heavy atom. The summed E-state index contributed by atoms with van der Waals surface area (Å²) in [6, 6.07) is 6.77. The first-order valence-electron chi connectivity index (χ1n) is 6.69. The van der Waals surface area contributed by atoms with Gasteiger partial charge < -0.3 is 4.74 Å². The predicted molar refractivity (Wildman–Crippen MR) is 84.2 cm³/mol. The molecule has 0 N–H and O–H groups in total. The number of sulfone groups is 1. The molecular formula is C15H18O4S2. The first-order chi connectivity index (χ1) is 9.94. The zero-order valence-electron chi connectivity index (χ0n) is 12.1. The third-order valence-corrected chi connectivity index (χ3v) is 5.98. The van der Waals surface area contributed by atoms with Gasteiger partial charge in [0.15, 0.2) is 9.84 Å². The molecule has 0 saturated carbocycles. The minimum Gasteiger partial charge on any atom is -0.463 e. The Bertz CT molecular complexity index is 657. The van der Waals surface area contributed by atoms with E-state index in [2.05, 4.69) is 0 Å². The molecule has 0 unspecified atom stereocenters. The van der Waals surface area contributed by atoms with E-state index in [0.29, 0.717) is 34.2 Å². The van der Waals surface area contributed by atoms with Crippen LogP contribution >= 0.6 is 11.8 Å². The summed E-state index contributed by atoms with van der Waals surface area (Å²) in [5, 5.41) is 0. The molecule has 1 aliphatic heterocycles. The van der Waals surface area contributed by atoms with Crippen LogP contribution in [0.25, 0.3) is 0 Å². The van der Waals surface area contributed by atoms with Crippen LogP contribution in [0.5, 0.6) is 0 Å². The van der Waals surface area contributed by atoms with Crippen LogP contribution in [0.3, 0.4) is 0 Å². The maximum Gasteiger partial charge on any atom is 0.334 e. The molecule has 6 heteroatoms. The molecule has 0 aromatic heterocycles. The predicted octanol–water partition coefficient (Wildman–Crippen LogP) is 2.38. The summed E-state index contributed by atoms with van der Waals surface area (Å²) in [6.07, 6.45) is 0. The number of esters is 1. The van der Waals surface area contributed by atoms with Gasteiger partial charge in [0.2, 0.25) is 0 Å². The quantitative estimate of drug-likeness (QED) is 0.778.